The highest BCUT2D eigenvalue weighted by atomic mass is 79.9. The van der Waals surface area contributed by atoms with E-state index in [1.165, 1.54) is 6.08 Å². The Labute approximate surface area is 233 Å². The fraction of sp³-hybridized carbons (Fsp3) is 0.0769. The molecule has 1 fully saturated rings. The molecule has 0 spiro atoms. The van der Waals surface area contributed by atoms with Crippen LogP contribution in [0.5, 0.6) is 5.75 Å². The van der Waals surface area contributed by atoms with E-state index in [1.807, 2.05) is 6.07 Å². The molecule has 11 heteroatoms. The van der Waals surface area contributed by atoms with E-state index in [9.17, 15) is 19.2 Å². The number of urea groups is 1. The number of rotatable bonds is 6. The quantitative estimate of drug-likeness (QED) is 0.258. The van der Waals surface area contributed by atoms with Gasteiger partial charge in [0.25, 0.3) is 17.7 Å². The molecule has 0 atom stereocenters. The molecule has 4 rings (SSSR count). The fourth-order valence-corrected chi connectivity index (χ4v) is 5.16. The van der Waals surface area contributed by atoms with Crippen molar-refractivity contribution in [3.05, 3.63) is 91.3 Å². The van der Waals surface area contributed by atoms with Crippen LogP contribution >= 0.6 is 43.5 Å². The van der Waals surface area contributed by atoms with Crippen LogP contribution in [0.4, 0.5) is 16.2 Å². The second-order valence-electron chi connectivity index (χ2n) is 7.86. The summed E-state index contributed by atoms with van der Waals surface area (Å²) in [6.07, 6.45) is 1.36. The van der Waals surface area contributed by atoms with Crippen LogP contribution in [0.15, 0.2) is 75.2 Å². The number of nitrogens with zero attached hydrogens (tertiary/aromatic N) is 1. The molecule has 1 aliphatic heterocycles. The number of hydrogen-bond acceptors (Lipinski definition) is 5. The van der Waals surface area contributed by atoms with Gasteiger partial charge in [-0.1, -0.05) is 35.9 Å². The van der Waals surface area contributed by atoms with Gasteiger partial charge in [0.05, 0.1) is 14.6 Å². The van der Waals surface area contributed by atoms with Gasteiger partial charge in [-0.3, -0.25) is 19.7 Å². The van der Waals surface area contributed by atoms with Crippen molar-refractivity contribution in [2.45, 2.75) is 6.92 Å². The largest absolute Gasteiger partial charge is 0.481 e. The molecule has 8 nitrogen and oxygen atoms in total. The number of barbiturate groups is 1. The van der Waals surface area contributed by atoms with Crippen molar-refractivity contribution in [1.29, 1.82) is 0 Å². The van der Waals surface area contributed by atoms with Gasteiger partial charge in [-0.15, -0.1) is 0 Å². The second-order valence-corrected chi connectivity index (χ2v) is 9.97. The Kier molecular flexibility index (Phi) is 8.11. The maximum absolute atomic E-state index is 13.2. The van der Waals surface area contributed by atoms with Crippen molar-refractivity contribution in [2.24, 2.45) is 0 Å². The van der Waals surface area contributed by atoms with Crippen LogP contribution < -0.4 is 20.3 Å². The number of anilines is 2. The molecule has 2 N–H and O–H groups in total. The van der Waals surface area contributed by atoms with E-state index in [0.29, 0.717) is 36.5 Å². The van der Waals surface area contributed by atoms with Gasteiger partial charge in [-0.2, -0.15) is 0 Å². The minimum absolute atomic E-state index is 0.242. The number of halogens is 3. The van der Waals surface area contributed by atoms with Crippen LogP contribution in [-0.4, -0.2) is 30.4 Å². The molecule has 3 aromatic carbocycles. The number of carbonyl (C=O) groups excluding carboxylic acids is 4. The van der Waals surface area contributed by atoms with Gasteiger partial charge in [-0.25, -0.2) is 9.69 Å². The van der Waals surface area contributed by atoms with Gasteiger partial charge >= 0.3 is 6.03 Å². The average molecular weight is 648 g/mol. The average Bonchev–Trinajstić information content (AvgIpc) is 2.84. The normalized spacial score (nSPS) is 14.5. The van der Waals surface area contributed by atoms with Crippen LogP contribution in [0.3, 0.4) is 0 Å². The molecule has 37 heavy (non-hydrogen) atoms. The Bertz CT molecular complexity index is 1440. The van der Waals surface area contributed by atoms with E-state index in [1.54, 1.807) is 61.5 Å². The summed E-state index contributed by atoms with van der Waals surface area (Å²) in [5.74, 6) is -1.60. The monoisotopic (exact) mass is 645 g/mol. The van der Waals surface area contributed by atoms with Crippen molar-refractivity contribution < 1.29 is 23.9 Å². The van der Waals surface area contributed by atoms with Crippen LogP contribution in [0, 0.1) is 6.92 Å². The number of imide groups is 2. The Hall–Kier alpha value is -3.47. The van der Waals surface area contributed by atoms with Crippen molar-refractivity contribution in [3.8, 4) is 5.75 Å². The first-order chi connectivity index (χ1) is 17.7. The predicted molar refractivity (Wildman–Crippen MR) is 148 cm³/mol. The van der Waals surface area contributed by atoms with E-state index >= 15 is 0 Å². The molecule has 0 aliphatic carbocycles. The molecule has 5 amide bonds. The minimum atomic E-state index is -0.864. The molecule has 0 radical (unpaired) electrons. The van der Waals surface area contributed by atoms with Gasteiger partial charge in [-0.05, 0) is 92.4 Å². The smallest absolute Gasteiger partial charge is 0.335 e. The van der Waals surface area contributed by atoms with Gasteiger partial charge in [0.1, 0.15) is 11.3 Å². The first kappa shape index (κ1) is 26.6. The third-order valence-corrected chi connectivity index (χ3v) is 6.91. The number of amides is 5. The summed E-state index contributed by atoms with van der Waals surface area (Å²) in [5.41, 5.74) is 1.66. The van der Waals surface area contributed by atoms with Gasteiger partial charge in [0.15, 0.2) is 6.61 Å². The van der Waals surface area contributed by atoms with Gasteiger partial charge < -0.3 is 10.1 Å². The first-order valence-corrected chi connectivity index (χ1v) is 12.8. The summed E-state index contributed by atoms with van der Waals surface area (Å²) in [7, 11) is 0. The zero-order valence-electron chi connectivity index (χ0n) is 19.2. The second kappa shape index (κ2) is 11.3. The highest BCUT2D eigenvalue weighted by molar-refractivity contribution is 9.11. The maximum Gasteiger partial charge on any atom is 0.335 e. The van der Waals surface area contributed by atoms with Crippen LogP contribution in [0.25, 0.3) is 6.08 Å². The summed E-state index contributed by atoms with van der Waals surface area (Å²) >= 11 is 13.0. The zero-order chi connectivity index (χ0) is 26.7. The fourth-order valence-electron chi connectivity index (χ4n) is 3.54. The molecule has 1 heterocycles. The number of carbonyl (C=O) groups is 4. The molecule has 0 saturated carbocycles. The van der Waals surface area contributed by atoms with E-state index < -0.39 is 17.8 Å². The highest BCUT2D eigenvalue weighted by Gasteiger charge is 2.37. The van der Waals surface area contributed by atoms with E-state index in [0.717, 1.165) is 4.90 Å². The lowest BCUT2D eigenvalue weighted by molar-refractivity contribution is -0.122. The highest BCUT2D eigenvalue weighted by Crippen LogP contribution is 2.36. The molecule has 0 aromatic heterocycles. The number of ether oxygens (including phenoxy) is 1. The first-order valence-electron chi connectivity index (χ1n) is 10.8. The molecule has 0 bridgehead atoms. The molecule has 1 saturated heterocycles. The third kappa shape index (κ3) is 5.93. The predicted octanol–water partition coefficient (Wildman–Crippen LogP) is 5.86. The molecule has 0 unspecified atom stereocenters. The van der Waals surface area contributed by atoms with Gasteiger partial charge in [0.2, 0.25) is 0 Å². The zero-order valence-corrected chi connectivity index (χ0v) is 23.1. The lowest BCUT2D eigenvalue weighted by Gasteiger charge is -2.27. The summed E-state index contributed by atoms with van der Waals surface area (Å²) in [6.45, 7) is 1.43. The number of benzene rings is 3. The summed E-state index contributed by atoms with van der Waals surface area (Å²) in [6, 6.07) is 16.2. The van der Waals surface area contributed by atoms with Crippen molar-refractivity contribution in [2.75, 3.05) is 16.8 Å². The lowest BCUT2D eigenvalue weighted by atomic mass is 10.1. The van der Waals surface area contributed by atoms with Crippen molar-refractivity contribution in [1.82, 2.24) is 5.32 Å². The van der Waals surface area contributed by atoms with E-state index in [-0.39, 0.29) is 23.8 Å². The topological polar surface area (TPSA) is 105 Å². The lowest BCUT2D eigenvalue weighted by Crippen LogP contribution is -2.54. The van der Waals surface area contributed by atoms with Crippen molar-refractivity contribution in [3.63, 3.8) is 0 Å². The van der Waals surface area contributed by atoms with E-state index in [4.69, 9.17) is 16.3 Å². The molecule has 188 valence electrons. The number of nitrogens with one attached hydrogen (secondary N) is 2. The Balaban J connectivity index is 1.56. The number of para-hydroxylation sites is 1. The van der Waals surface area contributed by atoms with Crippen LogP contribution in [0.1, 0.15) is 11.1 Å². The standard InChI is InChI=1S/C26H18Br2ClN3O5/c1-14-20(29)8-5-9-21(14)32-25(35)17(24(34)31-26(32)36)10-15-11-18(27)23(19(28)12-15)37-13-22(33)30-16-6-3-2-4-7-16/h2-12H,13H2,1H3,(H,30,33)(H,31,34,36)/b17-10-. The summed E-state index contributed by atoms with van der Waals surface area (Å²) in [5, 5.41) is 5.30. The number of hydrogen-bond donors (Lipinski definition) is 2. The Morgan fingerprint density at radius 3 is 2.41 bits per heavy atom. The third-order valence-electron chi connectivity index (χ3n) is 5.32. The van der Waals surface area contributed by atoms with Gasteiger partial charge in [0, 0.05) is 10.7 Å². The molecular weight excluding hydrogens is 630 g/mol. The maximum atomic E-state index is 13.2. The molecular formula is C26H18Br2ClN3O5. The molecule has 3 aromatic rings. The van der Waals surface area contributed by atoms with Crippen LogP contribution in [-0.2, 0) is 14.4 Å². The van der Waals surface area contributed by atoms with Crippen molar-refractivity contribution >= 4 is 84.7 Å². The Morgan fingerprint density at radius 1 is 1.05 bits per heavy atom. The van der Waals surface area contributed by atoms with E-state index in [2.05, 4.69) is 42.5 Å². The molecule has 1 aliphatic rings. The Morgan fingerprint density at radius 2 is 1.73 bits per heavy atom. The SMILES string of the molecule is Cc1c(Cl)cccc1N1C(=O)NC(=O)/C(=C/c2cc(Br)c(OCC(=O)Nc3ccccc3)c(Br)c2)C1=O. The summed E-state index contributed by atoms with van der Waals surface area (Å²) in [4.78, 5) is 51.4. The minimum Gasteiger partial charge on any atom is -0.481 e. The summed E-state index contributed by atoms with van der Waals surface area (Å²) < 4.78 is 6.62. The van der Waals surface area contributed by atoms with Crippen LogP contribution in [0.2, 0.25) is 5.02 Å².